The van der Waals surface area contributed by atoms with Crippen molar-refractivity contribution in [2.75, 3.05) is 11.4 Å². The molecule has 0 saturated carbocycles. The van der Waals surface area contributed by atoms with E-state index in [0.717, 1.165) is 6.07 Å². The number of amides is 1. The molecule has 2 rings (SSSR count). The Hall–Kier alpha value is -1.79. The standard InChI is InChI=1S/C11H12F3N3O/c12-11(13,14)7-3-1-5-16-10(7)17-6-2-4-8(17)9(15)18/h1,3,5,8H,2,4,6H2,(H2,15,18)/t8-/m1/s1. The Morgan fingerprint density at radius 1 is 1.50 bits per heavy atom. The van der Waals surface area contributed by atoms with Crippen molar-refractivity contribution in [3.05, 3.63) is 23.9 Å². The summed E-state index contributed by atoms with van der Waals surface area (Å²) in [5, 5.41) is 0. The van der Waals surface area contributed by atoms with Crippen LogP contribution in [0.4, 0.5) is 19.0 Å². The number of rotatable bonds is 2. The van der Waals surface area contributed by atoms with Gasteiger partial charge in [0.15, 0.2) is 0 Å². The van der Waals surface area contributed by atoms with Gasteiger partial charge in [-0.2, -0.15) is 13.2 Å². The lowest BCUT2D eigenvalue weighted by Gasteiger charge is -2.25. The van der Waals surface area contributed by atoms with E-state index in [0.29, 0.717) is 19.4 Å². The second-order valence-corrected chi connectivity index (χ2v) is 4.13. The van der Waals surface area contributed by atoms with E-state index in [2.05, 4.69) is 4.98 Å². The molecule has 2 N–H and O–H groups in total. The topological polar surface area (TPSA) is 59.2 Å². The summed E-state index contributed by atoms with van der Waals surface area (Å²) in [4.78, 5) is 16.3. The number of halogens is 3. The first kappa shape index (κ1) is 12.7. The molecular formula is C11H12F3N3O. The first-order valence-electron chi connectivity index (χ1n) is 5.49. The average molecular weight is 259 g/mol. The molecule has 98 valence electrons. The van der Waals surface area contributed by atoms with E-state index < -0.39 is 23.7 Å². The summed E-state index contributed by atoms with van der Waals surface area (Å²) in [6.45, 7) is 0.355. The molecule has 0 bridgehead atoms. The molecule has 7 heteroatoms. The maximum Gasteiger partial charge on any atom is 0.419 e. The third kappa shape index (κ3) is 2.25. The van der Waals surface area contributed by atoms with Gasteiger partial charge in [0, 0.05) is 12.7 Å². The van der Waals surface area contributed by atoms with Crippen LogP contribution >= 0.6 is 0 Å². The number of hydrogen-bond donors (Lipinski definition) is 1. The third-order valence-corrected chi connectivity index (χ3v) is 2.95. The molecule has 1 saturated heterocycles. The molecule has 1 aliphatic heterocycles. The fourth-order valence-corrected chi connectivity index (χ4v) is 2.16. The number of alkyl halides is 3. The molecule has 0 aliphatic carbocycles. The van der Waals surface area contributed by atoms with E-state index in [1.165, 1.54) is 17.2 Å². The molecule has 1 aromatic rings. The summed E-state index contributed by atoms with van der Waals surface area (Å²) in [5.74, 6) is -0.836. The summed E-state index contributed by atoms with van der Waals surface area (Å²) < 4.78 is 38.5. The Balaban J connectivity index is 2.42. The summed E-state index contributed by atoms with van der Waals surface area (Å²) in [6.07, 6.45) is -2.12. The molecule has 18 heavy (non-hydrogen) atoms. The van der Waals surface area contributed by atoms with E-state index >= 15 is 0 Å². The predicted molar refractivity (Wildman–Crippen MR) is 58.8 cm³/mol. The van der Waals surface area contributed by atoms with Crippen molar-refractivity contribution < 1.29 is 18.0 Å². The zero-order valence-corrected chi connectivity index (χ0v) is 9.44. The maximum atomic E-state index is 12.8. The minimum atomic E-state index is -4.49. The van der Waals surface area contributed by atoms with Crippen LogP contribution < -0.4 is 10.6 Å². The van der Waals surface area contributed by atoms with Gasteiger partial charge in [0.25, 0.3) is 0 Å². The van der Waals surface area contributed by atoms with Gasteiger partial charge in [-0.25, -0.2) is 4.98 Å². The molecule has 0 spiro atoms. The number of carbonyl (C=O) groups excluding carboxylic acids is 1. The lowest BCUT2D eigenvalue weighted by atomic mass is 10.2. The molecule has 1 amide bonds. The van der Waals surface area contributed by atoms with E-state index in [9.17, 15) is 18.0 Å². The van der Waals surface area contributed by atoms with Crippen molar-refractivity contribution in [2.45, 2.75) is 25.1 Å². The fraction of sp³-hybridized carbons (Fsp3) is 0.455. The number of anilines is 1. The highest BCUT2D eigenvalue weighted by Gasteiger charge is 2.39. The number of nitrogens with zero attached hydrogens (tertiary/aromatic N) is 2. The second-order valence-electron chi connectivity index (χ2n) is 4.13. The van der Waals surface area contributed by atoms with Crippen molar-refractivity contribution in [1.29, 1.82) is 0 Å². The van der Waals surface area contributed by atoms with E-state index in [4.69, 9.17) is 5.73 Å². The number of hydrogen-bond acceptors (Lipinski definition) is 3. The minimum Gasteiger partial charge on any atom is -0.368 e. The van der Waals surface area contributed by atoms with Crippen molar-refractivity contribution in [2.24, 2.45) is 5.73 Å². The number of aromatic nitrogens is 1. The van der Waals surface area contributed by atoms with Gasteiger partial charge >= 0.3 is 6.18 Å². The van der Waals surface area contributed by atoms with Gasteiger partial charge in [0.2, 0.25) is 5.91 Å². The summed E-state index contributed by atoms with van der Waals surface area (Å²) >= 11 is 0. The molecule has 0 unspecified atom stereocenters. The summed E-state index contributed by atoms with van der Waals surface area (Å²) in [7, 11) is 0. The third-order valence-electron chi connectivity index (χ3n) is 2.95. The average Bonchev–Trinajstić information content (AvgIpc) is 2.76. The Morgan fingerprint density at radius 3 is 2.83 bits per heavy atom. The predicted octanol–water partition coefficient (Wildman–Crippen LogP) is 1.55. The van der Waals surface area contributed by atoms with Crippen LogP contribution in [-0.2, 0) is 11.0 Å². The van der Waals surface area contributed by atoms with Gasteiger partial charge in [-0.05, 0) is 25.0 Å². The number of carbonyl (C=O) groups is 1. The Kier molecular flexibility index (Phi) is 3.14. The fourth-order valence-electron chi connectivity index (χ4n) is 2.16. The van der Waals surface area contributed by atoms with Crippen LogP contribution in [0.25, 0.3) is 0 Å². The molecule has 1 aromatic heterocycles. The van der Waals surface area contributed by atoms with Crippen LogP contribution in [0.5, 0.6) is 0 Å². The molecule has 2 heterocycles. The lowest BCUT2D eigenvalue weighted by molar-refractivity contribution is -0.137. The molecule has 0 radical (unpaired) electrons. The lowest BCUT2D eigenvalue weighted by Crippen LogP contribution is -2.41. The molecular weight excluding hydrogens is 247 g/mol. The van der Waals surface area contributed by atoms with Crippen LogP contribution in [0, 0.1) is 0 Å². The number of nitrogens with two attached hydrogens (primary N) is 1. The van der Waals surface area contributed by atoms with Gasteiger partial charge in [-0.15, -0.1) is 0 Å². The molecule has 1 aliphatic rings. The molecule has 1 fully saturated rings. The SMILES string of the molecule is NC(=O)[C@H]1CCCN1c1ncccc1C(F)(F)F. The van der Waals surface area contributed by atoms with Crippen molar-refractivity contribution >= 4 is 11.7 Å². The van der Waals surface area contributed by atoms with Crippen molar-refractivity contribution in [3.8, 4) is 0 Å². The quantitative estimate of drug-likeness (QED) is 0.876. The normalized spacial score (nSPS) is 20.2. The molecule has 0 aromatic carbocycles. The van der Waals surface area contributed by atoms with Crippen molar-refractivity contribution in [1.82, 2.24) is 4.98 Å². The molecule has 4 nitrogen and oxygen atoms in total. The van der Waals surface area contributed by atoms with Crippen LogP contribution in [0.2, 0.25) is 0 Å². The van der Waals surface area contributed by atoms with Crippen LogP contribution in [0.15, 0.2) is 18.3 Å². The van der Waals surface area contributed by atoms with E-state index in [1.807, 2.05) is 0 Å². The van der Waals surface area contributed by atoms with Crippen molar-refractivity contribution in [3.63, 3.8) is 0 Å². The van der Waals surface area contributed by atoms with Gasteiger partial charge in [-0.1, -0.05) is 0 Å². The van der Waals surface area contributed by atoms with Crippen LogP contribution in [0.1, 0.15) is 18.4 Å². The Labute approximate surface area is 102 Å². The van der Waals surface area contributed by atoms with Gasteiger partial charge in [0.05, 0.1) is 5.56 Å². The zero-order valence-electron chi connectivity index (χ0n) is 9.44. The smallest absolute Gasteiger partial charge is 0.368 e. The monoisotopic (exact) mass is 259 g/mol. The highest BCUT2D eigenvalue weighted by atomic mass is 19.4. The van der Waals surface area contributed by atoms with Gasteiger partial charge in [0.1, 0.15) is 11.9 Å². The molecule has 1 atom stereocenters. The highest BCUT2D eigenvalue weighted by Crippen LogP contribution is 2.37. The highest BCUT2D eigenvalue weighted by molar-refractivity contribution is 5.84. The van der Waals surface area contributed by atoms with Gasteiger partial charge < -0.3 is 10.6 Å². The van der Waals surface area contributed by atoms with Crippen LogP contribution in [-0.4, -0.2) is 23.5 Å². The Bertz CT molecular complexity index is 461. The number of pyridine rings is 1. The first-order chi connectivity index (χ1) is 8.41. The minimum absolute atomic E-state index is 0.216. The Morgan fingerprint density at radius 2 is 2.22 bits per heavy atom. The van der Waals surface area contributed by atoms with Crippen LogP contribution in [0.3, 0.4) is 0 Å². The van der Waals surface area contributed by atoms with Gasteiger partial charge in [-0.3, -0.25) is 4.79 Å². The van der Waals surface area contributed by atoms with E-state index in [-0.39, 0.29) is 5.82 Å². The second kappa shape index (κ2) is 4.47. The zero-order chi connectivity index (χ0) is 13.3. The largest absolute Gasteiger partial charge is 0.419 e. The number of primary amides is 1. The summed E-state index contributed by atoms with van der Waals surface area (Å²) in [6, 6.07) is 1.47. The maximum absolute atomic E-state index is 12.8. The first-order valence-corrected chi connectivity index (χ1v) is 5.49. The summed E-state index contributed by atoms with van der Waals surface area (Å²) in [5.41, 5.74) is 4.36. The van der Waals surface area contributed by atoms with E-state index in [1.54, 1.807) is 0 Å².